The second-order valence-corrected chi connectivity index (χ2v) is 11.9. The number of amides is 1. The van der Waals surface area contributed by atoms with E-state index in [0.29, 0.717) is 16.2 Å². The van der Waals surface area contributed by atoms with Gasteiger partial charge in [0.25, 0.3) is 5.91 Å². The molecular weight excluding hydrogens is 531 g/mol. The molecule has 0 spiro atoms. The fraction of sp³-hybridized carbons (Fsp3) is 0.0690. The maximum Gasteiger partial charge on any atom is 0.491 e. The van der Waals surface area contributed by atoms with Gasteiger partial charge in [-0.3, -0.25) is 19.4 Å². The third-order valence-electron chi connectivity index (χ3n) is 6.24. The number of rotatable bonds is 6. The smallest absolute Gasteiger partial charge is 0.409 e. The van der Waals surface area contributed by atoms with Crippen LogP contribution in [0.1, 0.15) is 27.3 Å². The van der Waals surface area contributed by atoms with Crippen molar-refractivity contribution < 1.29 is 18.4 Å². The number of H-pyrrole nitrogens is 1. The normalized spacial score (nSPS) is 16.6. The van der Waals surface area contributed by atoms with Crippen LogP contribution in [0.2, 0.25) is 0 Å². The quantitative estimate of drug-likeness (QED) is 0.224. The summed E-state index contributed by atoms with van der Waals surface area (Å²) in [6.07, 6.45) is 5.59. The first-order valence-electron chi connectivity index (χ1n) is 12.1. The van der Waals surface area contributed by atoms with E-state index >= 15 is 0 Å². The molecule has 0 saturated heterocycles. The van der Waals surface area contributed by atoms with Crippen molar-refractivity contribution in [3.8, 4) is 5.75 Å². The van der Waals surface area contributed by atoms with Gasteiger partial charge in [0, 0.05) is 34.0 Å². The van der Waals surface area contributed by atoms with Gasteiger partial charge < -0.3 is 4.52 Å². The largest absolute Gasteiger partial charge is 0.491 e. The second kappa shape index (κ2) is 10.5. The summed E-state index contributed by atoms with van der Waals surface area (Å²) in [5.74, 6) is 0.00174. The molecule has 3 aromatic carbocycles. The van der Waals surface area contributed by atoms with Crippen LogP contribution in [0.3, 0.4) is 0 Å². The van der Waals surface area contributed by atoms with Crippen molar-refractivity contribution in [2.45, 2.75) is 16.4 Å². The van der Waals surface area contributed by atoms with E-state index in [1.54, 1.807) is 30.5 Å². The van der Waals surface area contributed by atoms with Gasteiger partial charge in [-0.15, -0.1) is 0 Å². The highest BCUT2D eigenvalue weighted by Gasteiger charge is 2.40. The molecule has 5 aromatic rings. The molecule has 0 saturated carbocycles. The Bertz CT molecular complexity index is 1760. The maximum absolute atomic E-state index is 13.5. The lowest BCUT2D eigenvalue weighted by Crippen LogP contribution is -2.29. The summed E-state index contributed by atoms with van der Waals surface area (Å²) in [4.78, 5) is 19.5. The Morgan fingerprint density at radius 3 is 2.72 bits per heavy atom. The Kier molecular flexibility index (Phi) is 6.79. The van der Waals surface area contributed by atoms with Crippen LogP contribution >= 0.6 is 19.5 Å². The molecule has 1 aliphatic rings. The molecule has 39 heavy (non-hydrogen) atoms. The number of hydrogen-bond acceptors (Lipinski definition) is 7. The summed E-state index contributed by atoms with van der Waals surface area (Å²) in [6, 6.07) is 26.1. The van der Waals surface area contributed by atoms with Gasteiger partial charge in [0.2, 0.25) is 0 Å². The molecule has 0 fully saturated rings. The van der Waals surface area contributed by atoms with Gasteiger partial charge in [-0.1, -0.05) is 48.2 Å². The van der Waals surface area contributed by atoms with Crippen molar-refractivity contribution in [2.75, 3.05) is 7.05 Å². The average Bonchev–Trinajstić information content (AvgIpc) is 3.38. The van der Waals surface area contributed by atoms with Crippen molar-refractivity contribution in [3.05, 3.63) is 114 Å². The molecule has 10 heteroatoms. The number of aromatic nitrogens is 3. The van der Waals surface area contributed by atoms with E-state index in [9.17, 15) is 9.36 Å². The number of carbonyl (C=O) groups excluding carboxylic acids is 1. The molecule has 2 aromatic heterocycles. The minimum absolute atomic E-state index is 0.102. The van der Waals surface area contributed by atoms with Gasteiger partial charge in [0.1, 0.15) is 5.75 Å². The number of hydrogen-bond donors (Lipinski definition) is 1. The zero-order valence-electron chi connectivity index (χ0n) is 20.9. The van der Waals surface area contributed by atoms with E-state index in [-0.39, 0.29) is 6.61 Å². The molecule has 1 N–H and O–H groups in total. The SMILES string of the molecule is CN(C(=O)c1ccccc1Sc1ccc2c(/C=C/c3ccccn3)n[nH]c2c1)P1(=O)OCc2ccccc2O1. The predicted molar refractivity (Wildman–Crippen MR) is 151 cm³/mol. The molecule has 1 amide bonds. The first-order valence-corrected chi connectivity index (χ1v) is 14.5. The van der Waals surface area contributed by atoms with Gasteiger partial charge >= 0.3 is 7.75 Å². The highest BCUT2D eigenvalue weighted by molar-refractivity contribution is 7.99. The van der Waals surface area contributed by atoms with E-state index < -0.39 is 13.7 Å². The Labute approximate surface area is 229 Å². The molecule has 3 heterocycles. The average molecular weight is 555 g/mol. The lowest BCUT2D eigenvalue weighted by molar-refractivity contribution is 0.0828. The molecule has 0 aliphatic carbocycles. The number of nitrogens with zero attached hydrogens (tertiary/aromatic N) is 3. The number of benzene rings is 3. The Hall–Kier alpha value is -4.17. The van der Waals surface area contributed by atoms with Crippen LogP contribution in [0.5, 0.6) is 5.75 Å². The summed E-state index contributed by atoms with van der Waals surface area (Å²) in [5, 5.41) is 8.49. The standard InChI is InChI=1S/C29H23N4O4PS/c1-33(38(35)36-19-20-8-2-4-11-27(20)37-38)29(34)24-10-3-5-12-28(24)39-22-14-15-23-25(31-32-26(23)18-22)16-13-21-9-6-7-17-30-21/h2-18H,19H2,1H3,(H,31,32)/b16-13+. The summed E-state index contributed by atoms with van der Waals surface area (Å²) in [6.45, 7) is 0.102. The van der Waals surface area contributed by atoms with Crippen LogP contribution in [-0.2, 0) is 15.7 Å². The molecule has 0 bridgehead atoms. The fourth-order valence-corrected chi connectivity index (χ4v) is 6.54. The Morgan fingerprint density at radius 2 is 1.85 bits per heavy atom. The first-order chi connectivity index (χ1) is 19.0. The number of carbonyl (C=O) groups is 1. The molecule has 1 atom stereocenters. The van der Waals surface area contributed by atoms with Crippen molar-refractivity contribution in [1.29, 1.82) is 0 Å². The monoisotopic (exact) mass is 554 g/mol. The number of fused-ring (bicyclic) bond motifs is 2. The van der Waals surface area contributed by atoms with Gasteiger partial charge in [-0.05, 0) is 60.7 Å². The summed E-state index contributed by atoms with van der Waals surface area (Å²) in [5.41, 5.74) is 3.71. The minimum Gasteiger partial charge on any atom is -0.409 e. The minimum atomic E-state index is -3.87. The molecule has 194 valence electrons. The van der Waals surface area contributed by atoms with Crippen molar-refractivity contribution in [3.63, 3.8) is 0 Å². The van der Waals surface area contributed by atoms with Gasteiger partial charge in [-0.2, -0.15) is 5.10 Å². The van der Waals surface area contributed by atoms with Gasteiger partial charge in [0.15, 0.2) is 0 Å². The third kappa shape index (κ3) is 5.12. The highest BCUT2D eigenvalue weighted by atomic mass is 32.2. The summed E-state index contributed by atoms with van der Waals surface area (Å²) in [7, 11) is -2.43. The fourth-order valence-electron chi connectivity index (χ4n) is 4.16. The van der Waals surface area contributed by atoms with Crippen LogP contribution in [0.25, 0.3) is 23.1 Å². The third-order valence-corrected chi connectivity index (χ3v) is 9.10. The van der Waals surface area contributed by atoms with E-state index in [1.165, 1.54) is 18.8 Å². The summed E-state index contributed by atoms with van der Waals surface area (Å²) < 4.78 is 25.8. The molecule has 0 radical (unpaired) electrons. The number of para-hydroxylation sites is 1. The molecule has 1 aliphatic heterocycles. The van der Waals surface area contributed by atoms with Crippen LogP contribution in [0.4, 0.5) is 0 Å². The van der Waals surface area contributed by atoms with Gasteiger partial charge in [-0.25, -0.2) is 9.24 Å². The zero-order valence-corrected chi connectivity index (χ0v) is 22.6. The molecule has 6 rings (SSSR count). The lowest BCUT2D eigenvalue weighted by Gasteiger charge is -2.31. The van der Waals surface area contributed by atoms with Crippen LogP contribution in [-0.4, -0.2) is 32.8 Å². The van der Waals surface area contributed by atoms with Crippen molar-refractivity contribution in [1.82, 2.24) is 19.9 Å². The molecular formula is C29H23N4O4PS. The highest BCUT2D eigenvalue weighted by Crippen LogP contribution is 2.56. The second-order valence-electron chi connectivity index (χ2n) is 8.77. The number of aromatic amines is 1. The van der Waals surface area contributed by atoms with E-state index in [4.69, 9.17) is 9.05 Å². The molecule has 8 nitrogen and oxygen atoms in total. The Morgan fingerprint density at radius 1 is 1.03 bits per heavy atom. The Balaban J connectivity index is 1.23. The van der Waals surface area contributed by atoms with Crippen LogP contribution in [0.15, 0.2) is 101 Å². The van der Waals surface area contributed by atoms with E-state index in [2.05, 4.69) is 15.2 Å². The molecule has 1 unspecified atom stereocenters. The van der Waals surface area contributed by atoms with Crippen LogP contribution in [0, 0.1) is 0 Å². The zero-order chi connectivity index (χ0) is 26.8. The number of pyridine rings is 1. The van der Waals surface area contributed by atoms with Crippen molar-refractivity contribution in [2.24, 2.45) is 0 Å². The van der Waals surface area contributed by atoms with Gasteiger partial charge in [0.05, 0.1) is 29.1 Å². The predicted octanol–water partition coefficient (Wildman–Crippen LogP) is 7.07. The van der Waals surface area contributed by atoms with E-state index in [1.807, 2.05) is 72.8 Å². The van der Waals surface area contributed by atoms with Crippen LogP contribution < -0.4 is 4.52 Å². The lowest BCUT2D eigenvalue weighted by atomic mass is 10.2. The first kappa shape index (κ1) is 25.1. The topological polar surface area (TPSA) is 97.4 Å². The summed E-state index contributed by atoms with van der Waals surface area (Å²) >= 11 is 1.43. The van der Waals surface area contributed by atoms with Crippen molar-refractivity contribution >= 4 is 48.5 Å². The number of nitrogens with one attached hydrogen (secondary N) is 1. The maximum atomic E-state index is 13.5. The van der Waals surface area contributed by atoms with E-state index in [0.717, 1.165) is 37.4 Å².